The third kappa shape index (κ3) is 4.06. The van der Waals surface area contributed by atoms with Crippen molar-refractivity contribution in [2.75, 3.05) is 11.9 Å². The fourth-order valence-corrected chi connectivity index (χ4v) is 3.73. The third-order valence-electron chi connectivity index (χ3n) is 5.19. The number of nitrogens with zero attached hydrogens (tertiary/aromatic N) is 2. The second-order valence-corrected chi connectivity index (χ2v) is 7.26. The fourth-order valence-electron chi connectivity index (χ4n) is 3.73. The summed E-state index contributed by atoms with van der Waals surface area (Å²) in [5.74, 6) is -0.927. The standard InChI is InChI=1S/C23H22FN3O2/c1-16-4-10-19(11-5-16)25-21(28)15-22(29)27-14-13-26-12-2-3-20(26)23(27)17-6-8-18(24)9-7-17/h2-12,23H,13-15H2,1H3,(H,25,28). The zero-order chi connectivity index (χ0) is 20.4. The van der Waals surface area contributed by atoms with Crippen molar-refractivity contribution in [3.63, 3.8) is 0 Å². The summed E-state index contributed by atoms with van der Waals surface area (Å²) in [4.78, 5) is 27.1. The van der Waals surface area contributed by atoms with Crippen LogP contribution in [0, 0.1) is 12.7 Å². The lowest BCUT2D eigenvalue weighted by atomic mass is 9.99. The van der Waals surface area contributed by atoms with Crippen LogP contribution in [0.15, 0.2) is 66.9 Å². The summed E-state index contributed by atoms with van der Waals surface area (Å²) in [6, 6.07) is 17.1. The van der Waals surface area contributed by atoms with E-state index < -0.39 is 0 Å². The minimum atomic E-state index is -0.349. The van der Waals surface area contributed by atoms with Crippen molar-refractivity contribution in [1.82, 2.24) is 9.47 Å². The molecule has 0 bridgehead atoms. The monoisotopic (exact) mass is 391 g/mol. The lowest BCUT2D eigenvalue weighted by Crippen LogP contribution is -2.43. The maximum atomic E-state index is 13.4. The van der Waals surface area contributed by atoms with Gasteiger partial charge in [-0.25, -0.2) is 4.39 Å². The van der Waals surface area contributed by atoms with Gasteiger partial charge in [-0.3, -0.25) is 9.59 Å². The maximum Gasteiger partial charge on any atom is 0.233 e. The normalized spacial score (nSPS) is 15.7. The number of rotatable bonds is 4. The van der Waals surface area contributed by atoms with Crippen LogP contribution in [0.25, 0.3) is 0 Å². The largest absolute Gasteiger partial charge is 0.348 e. The lowest BCUT2D eigenvalue weighted by molar-refractivity contribution is -0.136. The van der Waals surface area contributed by atoms with Gasteiger partial charge in [0.1, 0.15) is 12.2 Å². The van der Waals surface area contributed by atoms with E-state index in [1.807, 2.05) is 49.5 Å². The van der Waals surface area contributed by atoms with Gasteiger partial charge in [0.05, 0.1) is 6.04 Å². The zero-order valence-corrected chi connectivity index (χ0v) is 16.1. The Hall–Kier alpha value is -3.41. The van der Waals surface area contributed by atoms with E-state index in [1.54, 1.807) is 17.0 Å². The van der Waals surface area contributed by atoms with Crippen molar-refractivity contribution in [3.05, 3.63) is 89.5 Å². The molecule has 1 atom stereocenters. The smallest absolute Gasteiger partial charge is 0.233 e. The average molecular weight is 391 g/mol. The third-order valence-corrected chi connectivity index (χ3v) is 5.19. The molecular weight excluding hydrogens is 369 g/mol. The molecule has 6 heteroatoms. The predicted octanol–water partition coefficient (Wildman–Crippen LogP) is 3.90. The Balaban J connectivity index is 1.53. The summed E-state index contributed by atoms with van der Waals surface area (Å²) in [7, 11) is 0. The number of nitrogens with one attached hydrogen (secondary N) is 1. The van der Waals surface area contributed by atoms with Crippen LogP contribution in [-0.4, -0.2) is 27.8 Å². The van der Waals surface area contributed by atoms with Crippen LogP contribution in [-0.2, 0) is 16.1 Å². The number of hydrogen-bond acceptors (Lipinski definition) is 2. The van der Waals surface area contributed by atoms with Gasteiger partial charge in [0.2, 0.25) is 11.8 Å². The van der Waals surface area contributed by atoms with Gasteiger partial charge in [0.15, 0.2) is 0 Å². The molecule has 0 aliphatic carbocycles. The first-order valence-electron chi connectivity index (χ1n) is 9.58. The molecule has 1 unspecified atom stereocenters. The van der Waals surface area contributed by atoms with Crippen LogP contribution < -0.4 is 5.32 Å². The zero-order valence-electron chi connectivity index (χ0n) is 16.1. The lowest BCUT2D eigenvalue weighted by Gasteiger charge is -2.37. The topological polar surface area (TPSA) is 54.3 Å². The highest BCUT2D eigenvalue weighted by Crippen LogP contribution is 2.33. The van der Waals surface area contributed by atoms with E-state index in [0.717, 1.165) is 16.8 Å². The van der Waals surface area contributed by atoms with Crippen molar-refractivity contribution < 1.29 is 14.0 Å². The summed E-state index contributed by atoms with van der Waals surface area (Å²) in [6.45, 7) is 3.11. The van der Waals surface area contributed by atoms with E-state index in [2.05, 4.69) is 9.88 Å². The number of amides is 2. The highest BCUT2D eigenvalue weighted by molar-refractivity contribution is 6.03. The van der Waals surface area contributed by atoms with Crippen LogP contribution in [0.1, 0.15) is 29.3 Å². The van der Waals surface area contributed by atoms with E-state index in [-0.39, 0.29) is 30.1 Å². The number of carbonyl (C=O) groups excluding carboxylic acids is 2. The Morgan fingerprint density at radius 1 is 1.03 bits per heavy atom. The van der Waals surface area contributed by atoms with Gasteiger partial charge < -0.3 is 14.8 Å². The number of halogens is 1. The first-order valence-corrected chi connectivity index (χ1v) is 9.58. The molecule has 0 radical (unpaired) electrons. The molecule has 2 heterocycles. The second kappa shape index (κ2) is 7.91. The van der Waals surface area contributed by atoms with E-state index in [0.29, 0.717) is 18.8 Å². The van der Waals surface area contributed by atoms with Gasteiger partial charge >= 0.3 is 0 Å². The van der Waals surface area contributed by atoms with Crippen molar-refractivity contribution in [3.8, 4) is 0 Å². The second-order valence-electron chi connectivity index (χ2n) is 7.26. The highest BCUT2D eigenvalue weighted by atomic mass is 19.1. The van der Waals surface area contributed by atoms with Crippen LogP contribution in [0.4, 0.5) is 10.1 Å². The number of aromatic nitrogens is 1. The molecule has 1 N–H and O–H groups in total. The fraction of sp³-hybridized carbons (Fsp3) is 0.217. The van der Waals surface area contributed by atoms with Crippen LogP contribution >= 0.6 is 0 Å². The molecule has 4 rings (SSSR count). The van der Waals surface area contributed by atoms with Crippen molar-refractivity contribution >= 4 is 17.5 Å². The molecule has 148 valence electrons. The summed E-state index contributed by atoms with van der Waals surface area (Å²) < 4.78 is 15.5. The van der Waals surface area contributed by atoms with Crippen LogP contribution in [0.5, 0.6) is 0 Å². The van der Waals surface area contributed by atoms with Crippen LogP contribution in [0.3, 0.4) is 0 Å². The van der Waals surface area contributed by atoms with E-state index >= 15 is 0 Å². The molecule has 29 heavy (non-hydrogen) atoms. The van der Waals surface area contributed by atoms with Crippen LogP contribution in [0.2, 0.25) is 0 Å². The summed E-state index contributed by atoms with van der Waals surface area (Å²) in [5.41, 5.74) is 3.53. The Kier molecular flexibility index (Phi) is 5.16. The molecule has 0 saturated carbocycles. The number of aryl methyl sites for hydroxylation is 1. The summed E-state index contributed by atoms with van der Waals surface area (Å²) >= 11 is 0. The number of carbonyl (C=O) groups is 2. The molecule has 3 aromatic rings. The quantitative estimate of drug-likeness (QED) is 0.686. The van der Waals surface area contributed by atoms with Gasteiger partial charge in [-0.05, 0) is 48.9 Å². The summed E-state index contributed by atoms with van der Waals surface area (Å²) in [5, 5.41) is 2.77. The molecular formula is C23H22FN3O2. The van der Waals surface area contributed by atoms with Gasteiger partial charge in [-0.1, -0.05) is 29.8 Å². The molecule has 0 spiro atoms. The molecule has 1 aromatic heterocycles. The van der Waals surface area contributed by atoms with E-state index in [1.165, 1.54) is 12.1 Å². The predicted molar refractivity (Wildman–Crippen MR) is 109 cm³/mol. The van der Waals surface area contributed by atoms with Gasteiger partial charge in [-0.15, -0.1) is 0 Å². The first-order chi connectivity index (χ1) is 14.0. The molecule has 2 amide bonds. The van der Waals surface area contributed by atoms with E-state index in [9.17, 15) is 14.0 Å². The number of fused-ring (bicyclic) bond motifs is 1. The van der Waals surface area contributed by atoms with Crippen molar-refractivity contribution in [2.45, 2.75) is 25.9 Å². The molecule has 1 aliphatic rings. The Bertz CT molecular complexity index is 1030. The van der Waals surface area contributed by atoms with Gasteiger partial charge in [-0.2, -0.15) is 0 Å². The Morgan fingerprint density at radius 2 is 1.76 bits per heavy atom. The Labute approximate surface area is 168 Å². The van der Waals surface area contributed by atoms with Gasteiger partial charge in [0.25, 0.3) is 0 Å². The number of benzene rings is 2. The molecule has 5 nitrogen and oxygen atoms in total. The molecule has 1 aliphatic heterocycles. The number of hydrogen-bond donors (Lipinski definition) is 1. The number of anilines is 1. The summed E-state index contributed by atoms with van der Waals surface area (Å²) in [6.07, 6.45) is 1.73. The Morgan fingerprint density at radius 3 is 2.48 bits per heavy atom. The van der Waals surface area contributed by atoms with Crippen molar-refractivity contribution in [1.29, 1.82) is 0 Å². The molecule has 2 aromatic carbocycles. The average Bonchev–Trinajstić information content (AvgIpc) is 3.18. The van der Waals surface area contributed by atoms with Crippen molar-refractivity contribution in [2.24, 2.45) is 0 Å². The highest BCUT2D eigenvalue weighted by Gasteiger charge is 2.32. The maximum absolute atomic E-state index is 13.4. The SMILES string of the molecule is Cc1ccc(NC(=O)CC(=O)N2CCn3cccc3C2c2ccc(F)cc2)cc1. The molecule has 0 fully saturated rings. The minimum absolute atomic E-state index is 0.244. The minimum Gasteiger partial charge on any atom is -0.348 e. The first kappa shape index (κ1) is 18.9. The molecule has 0 saturated heterocycles. The van der Waals surface area contributed by atoms with Gasteiger partial charge in [0, 0.05) is 30.7 Å². The van der Waals surface area contributed by atoms with E-state index in [4.69, 9.17) is 0 Å².